The molecule has 4 heteroatoms. The molecular formula is C16H28N2OS. The molecule has 1 aromatic rings. The van der Waals surface area contributed by atoms with Gasteiger partial charge in [0.1, 0.15) is 0 Å². The van der Waals surface area contributed by atoms with Crippen LogP contribution in [0, 0.1) is 0 Å². The zero-order valence-corrected chi connectivity index (χ0v) is 13.5. The fourth-order valence-corrected chi connectivity index (χ4v) is 3.09. The molecule has 0 radical (unpaired) electrons. The predicted molar refractivity (Wildman–Crippen MR) is 87.4 cm³/mol. The van der Waals surface area contributed by atoms with Crippen LogP contribution in [0.2, 0.25) is 0 Å². The maximum absolute atomic E-state index is 11.0. The lowest BCUT2D eigenvalue weighted by Gasteiger charge is -2.02. The van der Waals surface area contributed by atoms with Gasteiger partial charge in [0.15, 0.2) is 0 Å². The van der Waals surface area contributed by atoms with E-state index in [1.54, 1.807) is 18.0 Å². The van der Waals surface area contributed by atoms with E-state index >= 15 is 0 Å². The topological polar surface area (TPSA) is 45.8 Å². The number of unbranched alkanes of at least 4 members (excludes halogenated alkanes) is 9. The molecule has 0 fully saturated rings. The van der Waals surface area contributed by atoms with E-state index in [4.69, 9.17) is 0 Å². The van der Waals surface area contributed by atoms with Gasteiger partial charge in [0.05, 0.1) is 5.03 Å². The van der Waals surface area contributed by atoms with Crippen molar-refractivity contribution in [3.8, 4) is 0 Å². The van der Waals surface area contributed by atoms with E-state index in [2.05, 4.69) is 16.9 Å². The Kier molecular flexibility index (Phi) is 10.4. The fourth-order valence-electron chi connectivity index (χ4n) is 2.21. The van der Waals surface area contributed by atoms with Gasteiger partial charge in [-0.3, -0.25) is 0 Å². The Hall–Kier alpha value is -0.770. The minimum atomic E-state index is -0.252. The molecule has 1 N–H and O–H groups in total. The van der Waals surface area contributed by atoms with Gasteiger partial charge in [-0.1, -0.05) is 64.7 Å². The molecule has 1 rings (SSSR count). The molecule has 0 saturated heterocycles. The summed E-state index contributed by atoms with van der Waals surface area (Å²) in [6.45, 7) is 2.26. The minimum absolute atomic E-state index is 0.252. The van der Waals surface area contributed by atoms with Crippen LogP contribution in [-0.4, -0.2) is 15.7 Å². The summed E-state index contributed by atoms with van der Waals surface area (Å²) in [7, 11) is 0. The molecule has 114 valence electrons. The molecule has 0 aliphatic rings. The third-order valence-electron chi connectivity index (χ3n) is 3.40. The number of rotatable bonds is 12. The SMILES string of the molecule is CCCCCCCCCCCCSc1ccnc(=O)[nH]1. The molecule has 0 aliphatic carbocycles. The Morgan fingerprint density at radius 1 is 1.00 bits per heavy atom. The summed E-state index contributed by atoms with van der Waals surface area (Å²) >= 11 is 1.72. The van der Waals surface area contributed by atoms with Crippen LogP contribution in [-0.2, 0) is 0 Å². The molecule has 1 aromatic heterocycles. The van der Waals surface area contributed by atoms with E-state index in [1.165, 1.54) is 64.2 Å². The van der Waals surface area contributed by atoms with Gasteiger partial charge < -0.3 is 4.98 Å². The number of aromatic nitrogens is 2. The Morgan fingerprint density at radius 3 is 2.20 bits per heavy atom. The van der Waals surface area contributed by atoms with Gasteiger partial charge in [0.25, 0.3) is 0 Å². The second-order valence-corrected chi connectivity index (χ2v) is 6.41. The quantitative estimate of drug-likeness (QED) is 0.343. The molecule has 0 amide bonds. The van der Waals surface area contributed by atoms with Gasteiger partial charge in [-0.2, -0.15) is 0 Å². The maximum atomic E-state index is 11.0. The summed E-state index contributed by atoms with van der Waals surface area (Å²) < 4.78 is 0. The Labute approximate surface area is 127 Å². The summed E-state index contributed by atoms with van der Waals surface area (Å²) in [4.78, 5) is 17.4. The third kappa shape index (κ3) is 9.18. The van der Waals surface area contributed by atoms with Crippen molar-refractivity contribution in [2.45, 2.75) is 76.2 Å². The zero-order valence-electron chi connectivity index (χ0n) is 12.7. The normalized spacial score (nSPS) is 10.8. The molecule has 20 heavy (non-hydrogen) atoms. The molecule has 0 unspecified atom stereocenters. The smallest absolute Gasteiger partial charge is 0.300 e. The number of aromatic amines is 1. The third-order valence-corrected chi connectivity index (χ3v) is 4.45. The van der Waals surface area contributed by atoms with E-state index in [0.29, 0.717) is 0 Å². The Balaban J connectivity index is 1.86. The van der Waals surface area contributed by atoms with Crippen molar-refractivity contribution in [2.75, 3.05) is 5.75 Å². The molecule has 0 aromatic carbocycles. The fraction of sp³-hybridized carbons (Fsp3) is 0.750. The van der Waals surface area contributed by atoms with Crippen LogP contribution in [0.1, 0.15) is 71.1 Å². The van der Waals surface area contributed by atoms with Crippen LogP contribution >= 0.6 is 11.8 Å². The van der Waals surface area contributed by atoms with E-state index in [9.17, 15) is 4.79 Å². The first-order valence-corrected chi connectivity index (χ1v) is 8.99. The number of nitrogens with zero attached hydrogens (tertiary/aromatic N) is 1. The van der Waals surface area contributed by atoms with Crippen molar-refractivity contribution in [2.24, 2.45) is 0 Å². The summed E-state index contributed by atoms with van der Waals surface area (Å²) in [5.74, 6) is 1.08. The van der Waals surface area contributed by atoms with E-state index < -0.39 is 0 Å². The van der Waals surface area contributed by atoms with E-state index in [-0.39, 0.29) is 5.69 Å². The van der Waals surface area contributed by atoms with Crippen molar-refractivity contribution in [1.29, 1.82) is 0 Å². The number of H-pyrrole nitrogens is 1. The van der Waals surface area contributed by atoms with E-state index in [0.717, 1.165) is 10.8 Å². The highest BCUT2D eigenvalue weighted by molar-refractivity contribution is 7.99. The Morgan fingerprint density at radius 2 is 1.60 bits per heavy atom. The second-order valence-electron chi connectivity index (χ2n) is 5.27. The minimum Gasteiger partial charge on any atom is -0.300 e. The van der Waals surface area contributed by atoms with Gasteiger partial charge >= 0.3 is 5.69 Å². The first-order valence-electron chi connectivity index (χ1n) is 8.01. The van der Waals surface area contributed by atoms with Gasteiger partial charge in [-0.15, -0.1) is 11.8 Å². The van der Waals surface area contributed by atoms with Crippen molar-refractivity contribution < 1.29 is 0 Å². The second kappa shape index (κ2) is 12.0. The summed E-state index contributed by atoms with van der Waals surface area (Å²) in [6, 6.07) is 1.86. The molecule has 1 heterocycles. The molecule has 0 saturated carbocycles. The monoisotopic (exact) mass is 296 g/mol. The predicted octanol–water partition coefficient (Wildman–Crippen LogP) is 4.78. The average molecular weight is 296 g/mol. The lowest BCUT2D eigenvalue weighted by atomic mass is 10.1. The van der Waals surface area contributed by atoms with Crippen LogP contribution in [0.4, 0.5) is 0 Å². The highest BCUT2D eigenvalue weighted by Crippen LogP contribution is 2.16. The standard InChI is InChI=1S/C16H28N2OS/c1-2-3-4-5-6-7-8-9-10-11-14-20-15-12-13-17-16(19)18-15/h12-13H,2-11,14H2,1H3,(H,17,18,19). The van der Waals surface area contributed by atoms with Crippen LogP contribution < -0.4 is 5.69 Å². The average Bonchev–Trinajstić information content (AvgIpc) is 2.45. The highest BCUT2D eigenvalue weighted by atomic mass is 32.2. The van der Waals surface area contributed by atoms with Crippen LogP contribution in [0.5, 0.6) is 0 Å². The molecule has 3 nitrogen and oxygen atoms in total. The van der Waals surface area contributed by atoms with Crippen molar-refractivity contribution in [1.82, 2.24) is 9.97 Å². The van der Waals surface area contributed by atoms with Crippen molar-refractivity contribution in [3.63, 3.8) is 0 Å². The first-order chi connectivity index (χ1) is 9.83. The number of thioether (sulfide) groups is 1. The van der Waals surface area contributed by atoms with E-state index in [1.807, 2.05) is 6.07 Å². The summed E-state index contributed by atoms with van der Waals surface area (Å²) in [5.41, 5.74) is -0.252. The molecule has 0 aliphatic heterocycles. The van der Waals surface area contributed by atoms with Crippen molar-refractivity contribution in [3.05, 3.63) is 22.7 Å². The van der Waals surface area contributed by atoms with Gasteiger partial charge in [-0.25, -0.2) is 9.78 Å². The number of hydrogen-bond donors (Lipinski definition) is 1. The zero-order chi connectivity index (χ0) is 14.5. The van der Waals surface area contributed by atoms with Crippen LogP contribution in [0.25, 0.3) is 0 Å². The van der Waals surface area contributed by atoms with Crippen LogP contribution in [0.3, 0.4) is 0 Å². The molecule has 0 atom stereocenters. The van der Waals surface area contributed by atoms with Gasteiger partial charge in [-0.05, 0) is 18.2 Å². The van der Waals surface area contributed by atoms with Gasteiger partial charge in [0, 0.05) is 6.20 Å². The molecule has 0 bridgehead atoms. The number of hydrogen-bond acceptors (Lipinski definition) is 3. The van der Waals surface area contributed by atoms with Gasteiger partial charge in [0.2, 0.25) is 0 Å². The number of nitrogens with one attached hydrogen (secondary N) is 1. The van der Waals surface area contributed by atoms with Crippen LogP contribution in [0.15, 0.2) is 22.1 Å². The Bertz CT molecular complexity index is 392. The molecular weight excluding hydrogens is 268 g/mol. The molecule has 0 spiro atoms. The highest BCUT2D eigenvalue weighted by Gasteiger charge is 1.96. The summed E-state index contributed by atoms with van der Waals surface area (Å²) in [6.07, 6.45) is 15.2. The summed E-state index contributed by atoms with van der Waals surface area (Å²) in [5, 5.41) is 0.931. The first kappa shape index (κ1) is 17.3. The maximum Gasteiger partial charge on any atom is 0.345 e. The largest absolute Gasteiger partial charge is 0.345 e. The lowest BCUT2D eigenvalue weighted by molar-refractivity contribution is 0.563. The van der Waals surface area contributed by atoms with Crippen molar-refractivity contribution >= 4 is 11.8 Å². The lowest BCUT2D eigenvalue weighted by Crippen LogP contribution is -2.08.